The van der Waals surface area contributed by atoms with Crippen LogP contribution in [0.2, 0.25) is 20.1 Å². The Hall–Kier alpha value is -7.24. The molecule has 2 aromatic heterocycles. The van der Waals surface area contributed by atoms with Gasteiger partial charge in [0.15, 0.2) is 13.5 Å². The summed E-state index contributed by atoms with van der Waals surface area (Å²) in [6.45, 7) is 5.10. The van der Waals surface area contributed by atoms with Crippen LogP contribution in [0.3, 0.4) is 0 Å². The van der Waals surface area contributed by atoms with Gasteiger partial charge in [-0.3, -0.25) is 24.2 Å². The predicted molar refractivity (Wildman–Crippen MR) is 277 cm³/mol. The van der Waals surface area contributed by atoms with E-state index in [9.17, 15) is 14.4 Å². The van der Waals surface area contributed by atoms with Crippen LogP contribution in [0.4, 0.5) is 46.0 Å². The number of fused-ring (bicyclic) bond motifs is 2. The number of para-hydroxylation sites is 2. The van der Waals surface area contributed by atoms with E-state index in [0.29, 0.717) is 63.6 Å². The van der Waals surface area contributed by atoms with Crippen LogP contribution in [-0.4, -0.2) is 143 Å². The molecule has 6 aromatic rings. The average Bonchev–Trinajstić information content (AvgIpc) is 3.40. The van der Waals surface area contributed by atoms with Gasteiger partial charge in [-0.2, -0.15) is 9.97 Å². The van der Waals surface area contributed by atoms with Crippen LogP contribution in [0, 0.1) is 0 Å². The molecule has 0 atom stereocenters. The zero-order valence-corrected chi connectivity index (χ0v) is 41.6. The van der Waals surface area contributed by atoms with Crippen molar-refractivity contribution in [2.24, 2.45) is 0 Å². The number of aliphatic hydroxyl groups excluding tert-OH is 2. The topological polar surface area (TPSA) is 251 Å². The molecule has 6 N–H and O–H groups in total. The SMILES string of the molecule is O=C(CO)N1CCN(c2ccc(Nc3ncc4c(n3)OCN(c3c(Cl)cccc3Cl)C4=O)cc2)CC1.O=C(O)CO.O=C1c2cnc(Nc3ccc(N4CCNCC4)cc3)nc2OCN1c1c(Cl)cccc1Cl. The Kier molecular flexibility index (Phi) is 17.1. The molecule has 0 saturated carbocycles. The Labute approximate surface area is 437 Å². The molecule has 6 heterocycles. The average molecular weight is 1080 g/mol. The van der Waals surface area contributed by atoms with E-state index in [0.717, 1.165) is 43.2 Å². The Morgan fingerprint density at radius 3 is 1.37 bits per heavy atom. The van der Waals surface area contributed by atoms with Gasteiger partial charge in [0.1, 0.15) is 24.3 Å². The highest BCUT2D eigenvalue weighted by Crippen LogP contribution is 2.39. The summed E-state index contributed by atoms with van der Waals surface area (Å²) in [5, 5.41) is 35.1. The van der Waals surface area contributed by atoms with Gasteiger partial charge in [0, 0.05) is 87.5 Å². The lowest BCUT2D eigenvalue weighted by molar-refractivity contribution is -0.140. The number of nitrogens with one attached hydrogen (secondary N) is 3. The molecular formula is C48H46Cl4N12O9. The number of carboxylic acids is 1. The van der Waals surface area contributed by atoms with Gasteiger partial charge in [0.05, 0.1) is 31.5 Å². The second-order valence-electron chi connectivity index (χ2n) is 16.1. The van der Waals surface area contributed by atoms with E-state index in [-0.39, 0.29) is 60.0 Å². The molecule has 2 fully saturated rings. The quantitative estimate of drug-likeness (QED) is 0.0898. The number of aliphatic carboxylic acids is 1. The van der Waals surface area contributed by atoms with Gasteiger partial charge in [-0.1, -0.05) is 58.5 Å². The van der Waals surface area contributed by atoms with Crippen LogP contribution >= 0.6 is 46.4 Å². The van der Waals surface area contributed by atoms with Crippen molar-refractivity contribution in [1.29, 1.82) is 0 Å². The number of anilines is 8. The first-order valence-corrected chi connectivity index (χ1v) is 24.0. The van der Waals surface area contributed by atoms with Gasteiger partial charge in [0.25, 0.3) is 11.8 Å². The highest BCUT2D eigenvalue weighted by molar-refractivity contribution is 6.41. The zero-order chi connectivity index (χ0) is 51.6. The third-order valence-corrected chi connectivity index (χ3v) is 12.8. The molecule has 4 aliphatic heterocycles. The fourth-order valence-electron chi connectivity index (χ4n) is 7.86. The van der Waals surface area contributed by atoms with Crippen molar-refractivity contribution in [2.45, 2.75) is 0 Å². The molecule has 10 rings (SSSR count). The third kappa shape index (κ3) is 12.5. The molecule has 4 aliphatic rings. The highest BCUT2D eigenvalue weighted by atomic mass is 35.5. The number of hydrogen-bond donors (Lipinski definition) is 6. The Bertz CT molecular complexity index is 2930. The molecule has 0 radical (unpaired) electrons. The van der Waals surface area contributed by atoms with Gasteiger partial charge in [-0.15, -0.1) is 0 Å². The first-order valence-electron chi connectivity index (χ1n) is 22.5. The van der Waals surface area contributed by atoms with E-state index in [4.69, 9.17) is 76.0 Å². The number of benzene rings is 4. The van der Waals surface area contributed by atoms with E-state index < -0.39 is 19.2 Å². The van der Waals surface area contributed by atoms with Gasteiger partial charge in [0.2, 0.25) is 29.6 Å². The maximum Gasteiger partial charge on any atom is 0.329 e. The minimum absolute atomic E-state index is 0.0505. The second kappa shape index (κ2) is 24.0. The fraction of sp³-hybridized carbons (Fsp3) is 0.250. The smallest absolute Gasteiger partial charge is 0.329 e. The maximum atomic E-state index is 13.0. The zero-order valence-electron chi connectivity index (χ0n) is 38.6. The number of aromatic nitrogens is 4. The summed E-state index contributed by atoms with van der Waals surface area (Å²) in [6, 6.07) is 25.9. The summed E-state index contributed by atoms with van der Waals surface area (Å²) >= 11 is 25.0. The van der Waals surface area contributed by atoms with Crippen molar-refractivity contribution in [2.75, 3.05) is 109 Å². The number of amides is 3. The first kappa shape index (κ1) is 52.1. The van der Waals surface area contributed by atoms with Crippen molar-refractivity contribution in [3.63, 3.8) is 0 Å². The molecule has 73 heavy (non-hydrogen) atoms. The molecule has 0 aliphatic carbocycles. The fourth-order valence-corrected chi connectivity index (χ4v) is 9.06. The normalized spacial score (nSPS) is 15.1. The van der Waals surface area contributed by atoms with Crippen molar-refractivity contribution in [1.82, 2.24) is 30.2 Å². The number of carbonyl (C=O) groups is 4. The summed E-state index contributed by atoms with van der Waals surface area (Å²) in [5.74, 6) is -1.11. The van der Waals surface area contributed by atoms with Crippen molar-refractivity contribution in [3.8, 4) is 11.8 Å². The van der Waals surface area contributed by atoms with Gasteiger partial charge < -0.3 is 55.4 Å². The Morgan fingerprint density at radius 2 is 0.986 bits per heavy atom. The van der Waals surface area contributed by atoms with E-state index in [1.807, 2.05) is 36.4 Å². The van der Waals surface area contributed by atoms with Gasteiger partial charge in [-0.25, -0.2) is 14.8 Å². The standard InChI is InChI=1S/C24H22Cl2N6O4.C22H20Cl2N6O2.C2H4O3/c25-18-2-1-3-19(26)21(18)32-14-36-22-17(23(32)35)12-27-24(29-22)28-15-4-6-16(7-5-15)30-8-10-31(11-9-30)20(34)13-33;23-17-2-1-3-18(24)19(17)30-13-32-20-16(21(30)31)12-26-22(28-20)27-14-4-6-15(7-5-14)29-10-8-25-9-11-29;3-1-2(4)5/h1-7,12,33H,8-11,13-14H2,(H,27,28,29);1-7,12,25H,8-11,13H2,(H,26,27,28);3H,1H2,(H,4,5). The molecular weight excluding hydrogens is 1030 g/mol. The van der Waals surface area contributed by atoms with E-state index >= 15 is 0 Å². The number of piperazine rings is 2. The van der Waals surface area contributed by atoms with E-state index in [1.165, 1.54) is 27.9 Å². The summed E-state index contributed by atoms with van der Waals surface area (Å²) in [6.07, 6.45) is 2.85. The number of aliphatic hydroxyl groups is 2. The van der Waals surface area contributed by atoms with Crippen LogP contribution in [0.5, 0.6) is 11.8 Å². The van der Waals surface area contributed by atoms with Crippen LogP contribution in [-0.2, 0) is 9.59 Å². The van der Waals surface area contributed by atoms with Crippen LogP contribution in [0.1, 0.15) is 20.7 Å². The van der Waals surface area contributed by atoms with Crippen LogP contribution in [0.15, 0.2) is 97.3 Å². The highest BCUT2D eigenvalue weighted by Gasteiger charge is 2.33. The summed E-state index contributed by atoms with van der Waals surface area (Å²) in [7, 11) is 0. The van der Waals surface area contributed by atoms with E-state index in [2.05, 4.69) is 57.8 Å². The molecule has 0 bridgehead atoms. The minimum Gasteiger partial charge on any atom is -0.480 e. The summed E-state index contributed by atoms with van der Waals surface area (Å²) in [4.78, 5) is 73.0. The Balaban J connectivity index is 0.000000179. The number of hydrogen-bond acceptors (Lipinski definition) is 17. The van der Waals surface area contributed by atoms with Gasteiger partial charge >= 0.3 is 5.97 Å². The molecule has 4 aromatic carbocycles. The lowest BCUT2D eigenvalue weighted by Crippen LogP contribution is -2.49. The monoisotopic (exact) mass is 1070 g/mol. The number of nitrogens with zero attached hydrogens (tertiary/aromatic N) is 9. The molecule has 0 unspecified atom stereocenters. The first-order chi connectivity index (χ1) is 35.3. The number of rotatable bonds is 10. The Morgan fingerprint density at radius 1 is 0.589 bits per heavy atom. The number of carbonyl (C=O) groups excluding carboxylic acids is 3. The lowest BCUT2D eigenvalue weighted by Gasteiger charge is -2.35. The van der Waals surface area contributed by atoms with Crippen LogP contribution < -0.4 is 45.0 Å². The number of ether oxygens (including phenoxy) is 2. The van der Waals surface area contributed by atoms with Crippen molar-refractivity contribution >= 4 is 116 Å². The number of halogens is 4. The molecule has 380 valence electrons. The largest absolute Gasteiger partial charge is 0.480 e. The summed E-state index contributed by atoms with van der Waals surface area (Å²) in [5.41, 5.74) is 5.03. The maximum absolute atomic E-state index is 13.0. The van der Waals surface area contributed by atoms with Crippen molar-refractivity contribution in [3.05, 3.63) is 129 Å². The summed E-state index contributed by atoms with van der Waals surface area (Å²) < 4.78 is 11.5. The molecule has 3 amide bonds. The molecule has 2 saturated heterocycles. The van der Waals surface area contributed by atoms with Crippen molar-refractivity contribution < 1.29 is 44.0 Å². The molecule has 25 heteroatoms. The minimum atomic E-state index is -1.19. The molecule has 21 nitrogen and oxygen atoms in total. The lowest BCUT2D eigenvalue weighted by atomic mass is 10.2. The van der Waals surface area contributed by atoms with E-state index in [1.54, 1.807) is 41.3 Å². The molecule has 0 spiro atoms. The van der Waals surface area contributed by atoms with Gasteiger partial charge in [-0.05, 0) is 72.8 Å². The van der Waals surface area contributed by atoms with Crippen LogP contribution in [0.25, 0.3) is 0 Å². The number of carboxylic acid groups (broad SMARTS) is 1. The second-order valence-corrected chi connectivity index (χ2v) is 17.8. The predicted octanol–water partition coefficient (Wildman–Crippen LogP) is 6.16. The third-order valence-electron chi connectivity index (χ3n) is 11.5.